The molecular formula is C17H15ClN4O3S. The molecule has 2 aromatic heterocycles. The number of nitrogens with zero attached hydrogens (tertiary/aromatic N) is 4. The van der Waals surface area contributed by atoms with Crippen molar-refractivity contribution in [2.75, 3.05) is 13.1 Å². The topological polar surface area (TPSA) is 89.2 Å². The van der Waals surface area contributed by atoms with Crippen molar-refractivity contribution < 1.29 is 12.9 Å². The van der Waals surface area contributed by atoms with Crippen molar-refractivity contribution in [3.8, 4) is 11.4 Å². The average molecular weight is 391 g/mol. The molecule has 3 heterocycles. The van der Waals surface area contributed by atoms with Crippen molar-refractivity contribution in [2.45, 2.75) is 17.7 Å². The Morgan fingerprint density at radius 2 is 1.92 bits per heavy atom. The number of pyridine rings is 1. The van der Waals surface area contributed by atoms with E-state index in [0.717, 1.165) is 5.56 Å². The molecule has 0 spiro atoms. The summed E-state index contributed by atoms with van der Waals surface area (Å²) in [5, 5.41) is 4.35. The zero-order valence-electron chi connectivity index (χ0n) is 13.8. The fourth-order valence-corrected chi connectivity index (χ4v) is 4.82. The number of halogens is 1. The van der Waals surface area contributed by atoms with E-state index in [2.05, 4.69) is 15.1 Å². The number of rotatable bonds is 4. The molecular weight excluding hydrogens is 376 g/mol. The Labute approximate surface area is 155 Å². The summed E-state index contributed by atoms with van der Waals surface area (Å²) < 4.78 is 32.3. The van der Waals surface area contributed by atoms with E-state index in [1.807, 2.05) is 0 Å². The van der Waals surface area contributed by atoms with Gasteiger partial charge in [-0.05, 0) is 36.8 Å². The molecule has 0 amide bonds. The van der Waals surface area contributed by atoms with Gasteiger partial charge in [0.2, 0.25) is 21.7 Å². The van der Waals surface area contributed by atoms with Gasteiger partial charge in [0.15, 0.2) is 0 Å². The Balaban J connectivity index is 1.50. The standard InChI is InChI=1S/C17H15ClN4O3S/c1-11-2-3-14(18)8-15(11)26(23,24)22-9-13(10-22)17-20-16(21-25-17)12-4-6-19-7-5-12/h2-8,13H,9-10H2,1H3. The molecule has 134 valence electrons. The number of benzene rings is 1. The lowest BCUT2D eigenvalue weighted by Crippen LogP contribution is -2.48. The first-order valence-electron chi connectivity index (χ1n) is 7.95. The van der Waals surface area contributed by atoms with Gasteiger partial charge in [0.1, 0.15) is 0 Å². The average Bonchev–Trinajstić information content (AvgIpc) is 3.06. The van der Waals surface area contributed by atoms with Crippen LogP contribution in [0, 0.1) is 6.92 Å². The van der Waals surface area contributed by atoms with E-state index in [-0.39, 0.29) is 10.8 Å². The molecule has 0 radical (unpaired) electrons. The minimum atomic E-state index is -3.59. The van der Waals surface area contributed by atoms with Crippen molar-refractivity contribution in [1.29, 1.82) is 0 Å². The zero-order valence-corrected chi connectivity index (χ0v) is 15.4. The van der Waals surface area contributed by atoms with E-state index in [1.54, 1.807) is 43.6 Å². The van der Waals surface area contributed by atoms with Gasteiger partial charge in [-0.25, -0.2) is 8.42 Å². The highest BCUT2D eigenvalue weighted by molar-refractivity contribution is 7.89. The van der Waals surface area contributed by atoms with E-state index in [1.165, 1.54) is 10.4 Å². The molecule has 7 nitrogen and oxygen atoms in total. The largest absolute Gasteiger partial charge is 0.339 e. The fourth-order valence-electron chi connectivity index (χ4n) is 2.80. The summed E-state index contributed by atoms with van der Waals surface area (Å²) in [7, 11) is -3.59. The first-order valence-corrected chi connectivity index (χ1v) is 9.77. The molecule has 1 aliphatic rings. The van der Waals surface area contributed by atoms with Crippen molar-refractivity contribution in [3.63, 3.8) is 0 Å². The summed E-state index contributed by atoms with van der Waals surface area (Å²) in [5.74, 6) is 0.785. The third-order valence-electron chi connectivity index (χ3n) is 4.35. The van der Waals surface area contributed by atoms with Crippen LogP contribution in [0.3, 0.4) is 0 Å². The maximum Gasteiger partial charge on any atom is 0.243 e. The van der Waals surface area contributed by atoms with Gasteiger partial charge >= 0.3 is 0 Å². The molecule has 0 saturated carbocycles. The monoisotopic (exact) mass is 390 g/mol. The van der Waals surface area contributed by atoms with Crippen LogP contribution in [0.4, 0.5) is 0 Å². The van der Waals surface area contributed by atoms with Gasteiger partial charge in [-0.2, -0.15) is 9.29 Å². The molecule has 0 unspecified atom stereocenters. The molecule has 0 bridgehead atoms. The molecule has 1 aromatic carbocycles. The minimum absolute atomic E-state index is 0.118. The second kappa shape index (κ2) is 6.46. The van der Waals surface area contributed by atoms with Gasteiger partial charge in [-0.15, -0.1) is 0 Å². The van der Waals surface area contributed by atoms with Crippen LogP contribution in [-0.4, -0.2) is 40.9 Å². The lowest BCUT2D eigenvalue weighted by Gasteiger charge is -2.36. The molecule has 1 aliphatic heterocycles. The molecule has 1 saturated heterocycles. The molecule has 26 heavy (non-hydrogen) atoms. The van der Waals surface area contributed by atoms with Crippen LogP contribution < -0.4 is 0 Å². The second-order valence-corrected chi connectivity index (χ2v) is 8.46. The van der Waals surface area contributed by atoms with E-state index in [4.69, 9.17) is 16.1 Å². The van der Waals surface area contributed by atoms with E-state index in [0.29, 0.717) is 35.4 Å². The highest BCUT2D eigenvalue weighted by Gasteiger charge is 2.41. The second-order valence-electron chi connectivity index (χ2n) is 6.12. The van der Waals surface area contributed by atoms with Crippen molar-refractivity contribution in [2.24, 2.45) is 0 Å². The van der Waals surface area contributed by atoms with Gasteiger partial charge in [0.25, 0.3) is 0 Å². The van der Waals surface area contributed by atoms with E-state index >= 15 is 0 Å². The maximum absolute atomic E-state index is 12.8. The van der Waals surface area contributed by atoms with Gasteiger partial charge in [0.05, 0.1) is 10.8 Å². The zero-order chi connectivity index (χ0) is 18.3. The smallest absolute Gasteiger partial charge is 0.243 e. The van der Waals surface area contributed by atoms with Crippen LogP contribution in [0.2, 0.25) is 5.02 Å². The van der Waals surface area contributed by atoms with Crippen LogP contribution in [0.15, 0.2) is 52.1 Å². The quantitative estimate of drug-likeness (QED) is 0.680. The van der Waals surface area contributed by atoms with Gasteiger partial charge in [-0.3, -0.25) is 4.98 Å². The van der Waals surface area contributed by atoms with E-state index < -0.39 is 10.0 Å². The number of aryl methyl sites for hydroxylation is 1. The van der Waals surface area contributed by atoms with Crippen LogP contribution in [0.5, 0.6) is 0 Å². The number of hydrogen-bond donors (Lipinski definition) is 0. The molecule has 0 N–H and O–H groups in total. The summed E-state index contributed by atoms with van der Waals surface area (Å²) in [4.78, 5) is 8.55. The highest BCUT2D eigenvalue weighted by atomic mass is 35.5. The summed E-state index contributed by atoms with van der Waals surface area (Å²) in [6.07, 6.45) is 3.30. The van der Waals surface area contributed by atoms with Gasteiger partial charge in [-0.1, -0.05) is 22.8 Å². The lowest BCUT2D eigenvalue weighted by atomic mass is 10.0. The Bertz CT molecular complexity index is 1050. The summed E-state index contributed by atoms with van der Waals surface area (Å²) in [6.45, 7) is 2.35. The van der Waals surface area contributed by atoms with Crippen molar-refractivity contribution in [3.05, 3.63) is 59.2 Å². The lowest BCUT2D eigenvalue weighted by molar-refractivity contribution is 0.216. The number of aromatic nitrogens is 3. The van der Waals surface area contributed by atoms with Crippen LogP contribution in [-0.2, 0) is 10.0 Å². The molecule has 1 fully saturated rings. The molecule has 3 aromatic rings. The SMILES string of the molecule is Cc1ccc(Cl)cc1S(=O)(=O)N1CC(c2nc(-c3ccncc3)no2)C1. The predicted molar refractivity (Wildman–Crippen MR) is 95.2 cm³/mol. The summed E-state index contributed by atoms with van der Waals surface area (Å²) in [6, 6.07) is 8.43. The Hall–Kier alpha value is -2.29. The van der Waals surface area contributed by atoms with Crippen molar-refractivity contribution in [1.82, 2.24) is 19.4 Å². The van der Waals surface area contributed by atoms with Crippen LogP contribution in [0.1, 0.15) is 17.4 Å². The third-order valence-corrected chi connectivity index (χ3v) is 6.55. The third kappa shape index (κ3) is 3.00. The van der Waals surface area contributed by atoms with Gasteiger partial charge < -0.3 is 4.52 Å². The Morgan fingerprint density at radius 1 is 1.19 bits per heavy atom. The highest BCUT2D eigenvalue weighted by Crippen LogP contribution is 2.33. The Morgan fingerprint density at radius 3 is 2.65 bits per heavy atom. The van der Waals surface area contributed by atoms with Crippen LogP contribution >= 0.6 is 11.6 Å². The normalized spacial score (nSPS) is 15.8. The maximum atomic E-state index is 12.8. The summed E-state index contributed by atoms with van der Waals surface area (Å²) in [5.41, 5.74) is 1.46. The number of hydrogen-bond acceptors (Lipinski definition) is 6. The fraction of sp³-hybridized carbons (Fsp3) is 0.235. The predicted octanol–water partition coefficient (Wildman–Crippen LogP) is 2.88. The van der Waals surface area contributed by atoms with Gasteiger partial charge in [0, 0.05) is 36.1 Å². The minimum Gasteiger partial charge on any atom is -0.339 e. The molecule has 0 aliphatic carbocycles. The number of sulfonamides is 1. The molecule has 9 heteroatoms. The Kier molecular flexibility index (Phi) is 4.26. The molecule has 4 rings (SSSR count). The van der Waals surface area contributed by atoms with Crippen molar-refractivity contribution >= 4 is 21.6 Å². The first kappa shape index (κ1) is 17.1. The van der Waals surface area contributed by atoms with Crippen LogP contribution in [0.25, 0.3) is 11.4 Å². The molecule has 0 atom stereocenters. The summed E-state index contributed by atoms with van der Waals surface area (Å²) >= 11 is 5.95. The van der Waals surface area contributed by atoms with E-state index in [9.17, 15) is 8.42 Å². The first-order chi connectivity index (χ1) is 12.4.